The van der Waals surface area contributed by atoms with Crippen LogP contribution >= 0.6 is 11.6 Å². The monoisotopic (exact) mass is 445 g/mol. The molecular weight excluding hydrogens is 429 g/mol. The summed E-state index contributed by atoms with van der Waals surface area (Å²) in [4.78, 5) is 16.9. The summed E-state index contributed by atoms with van der Waals surface area (Å²) in [5.74, 6) is -0.412. The second-order valence-corrected chi connectivity index (χ2v) is 9.05. The lowest BCUT2D eigenvalue weighted by atomic mass is 10.2. The van der Waals surface area contributed by atoms with Crippen LogP contribution in [0.4, 0.5) is 10.1 Å². The van der Waals surface area contributed by atoms with E-state index in [4.69, 9.17) is 11.6 Å². The molecule has 0 spiro atoms. The van der Waals surface area contributed by atoms with Gasteiger partial charge in [0.15, 0.2) is 0 Å². The summed E-state index contributed by atoms with van der Waals surface area (Å²) in [6.45, 7) is 1.60. The first-order valence-corrected chi connectivity index (χ1v) is 10.8. The van der Waals surface area contributed by atoms with Crippen LogP contribution in [0.1, 0.15) is 11.1 Å². The van der Waals surface area contributed by atoms with Crippen molar-refractivity contribution in [2.75, 3.05) is 4.31 Å². The number of anilines is 1. The lowest BCUT2D eigenvalue weighted by molar-refractivity contribution is 0.589. The molecule has 0 aliphatic carbocycles. The Hall–Kier alpha value is -3.10. The molecule has 3 aromatic carbocycles. The van der Waals surface area contributed by atoms with Crippen molar-refractivity contribution >= 4 is 38.3 Å². The summed E-state index contributed by atoms with van der Waals surface area (Å²) >= 11 is 6.16. The Morgan fingerprint density at radius 1 is 1.00 bits per heavy atom. The van der Waals surface area contributed by atoms with Crippen LogP contribution in [-0.4, -0.2) is 18.4 Å². The number of rotatable bonds is 5. The molecule has 4 aromatic rings. The van der Waals surface area contributed by atoms with Crippen LogP contribution in [-0.2, 0) is 16.6 Å². The van der Waals surface area contributed by atoms with Gasteiger partial charge in [-0.2, -0.15) is 0 Å². The van der Waals surface area contributed by atoms with Gasteiger partial charge in [0.25, 0.3) is 10.0 Å². The number of benzene rings is 3. The van der Waals surface area contributed by atoms with Crippen LogP contribution in [0.2, 0.25) is 5.02 Å². The normalized spacial score (nSPS) is 11.7. The summed E-state index contributed by atoms with van der Waals surface area (Å²) in [6, 6.07) is 15.1. The van der Waals surface area contributed by atoms with Crippen LogP contribution in [0.25, 0.3) is 11.0 Å². The zero-order chi connectivity index (χ0) is 21.5. The molecule has 154 valence electrons. The molecule has 0 saturated heterocycles. The molecule has 30 heavy (non-hydrogen) atoms. The minimum absolute atomic E-state index is 0.0330. The van der Waals surface area contributed by atoms with Crippen LogP contribution in [0.5, 0.6) is 0 Å². The molecule has 0 bridgehead atoms. The fourth-order valence-electron chi connectivity index (χ4n) is 3.23. The molecule has 4 rings (SSSR count). The Morgan fingerprint density at radius 3 is 2.43 bits per heavy atom. The zero-order valence-corrected chi connectivity index (χ0v) is 17.4. The molecule has 1 heterocycles. The summed E-state index contributed by atoms with van der Waals surface area (Å²) in [5, 5.41) is 0.336. The van der Waals surface area contributed by atoms with Gasteiger partial charge < -0.3 is 9.97 Å². The molecule has 0 aliphatic rings. The van der Waals surface area contributed by atoms with Gasteiger partial charge in [-0.25, -0.2) is 17.6 Å². The van der Waals surface area contributed by atoms with E-state index in [1.807, 2.05) is 0 Å². The van der Waals surface area contributed by atoms with E-state index in [1.165, 1.54) is 34.6 Å². The number of imidazole rings is 1. The lowest BCUT2D eigenvalue weighted by Gasteiger charge is -2.26. The van der Waals surface area contributed by atoms with Gasteiger partial charge in [-0.3, -0.25) is 4.31 Å². The average Bonchev–Trinajstić information content (AvgIpc) is 3.08. The number of fused-ring (bicyclic) bond motifs is 1. The standard InChI is InChI=1S/C21H17ClFN3O3S/c1-13-17(22)3-2-4-20(13)30(28,29)26(12-14-5-7-15(23)8-6-14)16-9-10-18-19(11-16)25-21(27)24-18/h2-11H,12H2,1H3,(H2,24,25,27). The zero-order valence-electron chi connectivity index (χ0n) is 15.8. The highest BCUT2D eigenvalue weighted by Crippen LogP contribution is 2.31. The summed E-state index contributed by atoms with van der Waals surface area (Å²) < 4.78 is 41.8. The summed E-state index contributed by atoms with van der Waals surface area (Å²) in [6.07, 6.45) is 0. The van der Waals surface area contributed by atoms with E-state index in [2.05, 4.69) is 9.97 Å². The molecule has 2 N–H and O–H groups in total. The van der Waals surface area contributed by atoms with E-state index < -0.39 is 15.8 Å². The first-order chi connectivity index (χ1) is 14.3. The van der Waals surface area contributed by atoms with Crippen molar-refractivity contribution < 1.29 is 12.8 Å². The predicted octanol–water partition coefficient (Wildman–Crippen LogP) is 4.35. The largest absolute Gasteiger partial charge is 0.323 e. The van der Waals surface area contributed by atoms with Gasteiger partial charge in [-0.15, -0.1) is 0 Å². The molecule has 0 unspecified atom stereocenters. The van der Waals surface area contributed by atoms with Gasteiger partial charge in [-0.1, -0.05) is 29.8 Å². The van der Waals surface area contributed by atoms with E-state index in [0.29, 0.717) is 32.9 Å². The number of aromatic nitrogens is 2. The molecule has 0 atom stereocenters. The molecule has 9 heteroatoms. The highest BCUT2D eigenvalue weighted by atomic mass is 35.5. The summed E-state index contributed by atoms with van der Waals surface area (Å²) in [5.41, 5.74) is 2.02. The van der Waals surface area contributed by atoms with Crippen molar-refractivity contribution in [1.29, 1.82) is 0 Å². The highest BCUT2D eigenvalue weighted by molar-refractivity contribution is 7.92. The average molecular weight is 446 g/mol. The molecule has 1 aromatic heterocycles. The van der Waals surface area contributed by atoms with E-state index in [1.54, 1.807) is 37.3 Å². The highest BCUT2D eigenvalue weighted by Gasteiger charge is 2.28. The van der Waals surface area contributed by atoms with Crippen molar-refractivity contribution in [3.63, 3.8) is 0 Å². The Labute approximate surface area is 177 Å². The van der Waals surface area contributed by atoms with Gasteiger partial charge in [-0.05, 0) is 60.5 Å². The maximum absolute atomic E-state index is 13.6. The third kappa shape index (κ3) is 3.71. The second kappa shape index (κ2) is 7.62. The number of H-pyrrole nitrogens is 2. The van der Waals surface area contributed by atoms with Crippen molar-refractivity contribution in [3.05, 3.63) is 93.1 Å². The van der Waals surface area contributed by atoms with E-state index in [0.717, 1.165) is 0 Å². The SMILES string of the molecule is Cc1c(Cl)cccc1S(=O)(=O)N(Cc1ccc(F)cc1)c1ccc2[nH]c(=O)[nH]c2c1. The topological polar surface area (TPSA) is 86.0 Å². The molecular formula is C21H17ClFN3O3S. The lowest BCUT2D eigenvalue weighted by Crippen LogP contribution is -2.31. The van der Waals surface area contributed by atoms with Crippen LogP contribution < -0.4 is 9.99 Å². The van der Waals surface area contributed by atoms with Crippen LogP contribution in [0.15, 0.2) is 70.4 Å². The Kier molecular flexibility index (Phi) is 5.13. The summed E-state index contributed by atoms with van der Waals surface area (Å²) in [7, 11) is -4.02. The number of aromatic amines is 2. The fourth-order valence-corrected chi connectivity index (χ4v) is 5.16. The van der Waals surface area contributed by atoms with Crippen LogP contribution in [0, 0.1) is 12.7 Å². The maximum Gasteiger partial charge on any atom is 0.323 e. The van der Waals surface area contributed by atoms with Gasteiger partial charge in [0.05, 0.1) is 28.2 Å². The number of sulfonamides is 1. The van der Waals surface area contributed by atoms with Gasteiger partial charge >= 0.3 is 5.69 Å². The maximum atomic E-state index is 13.6. The van der Waals surface area contributed by atoms with Crippen LogP contribution in [0.3, 0.4) is 0 Å². The quantitative estimate of drug-likeness (QED) is 0.478. The van der Waals surface area contributed by atoms with Crippen molar-refractivity contribution in [2.24, 2.45) is 0 Å². The number of halogens is 2. The Balaban J connectivity index is 1.88. The van der Waals surface area contributed by atoms with Crippen molar-refractivity contribution in [2.45, 2.75) is 18.4 Å². The predicted molar refractivity (Wildman–Crippen MR) is 115 cm³/mol. The van der Waals surface area contributed by atoms with E-state index in [9.17, 15) is 17.6 Å². The van der Waals surface area contributed by atoms with Gasteiger partial charge in [0.2, 0.25) is 0 Å². The fraction of sp³-hybridized carbons (Fsp3) is 0.0952. The molecule has 0 fully saturated rings. The molecule has 6 nitrogen and oxygen atoms in total. The van der Waals surface area contributed by atoms with Crippen molar-refractivity contribution in [1.82, 2.24) is 9.97 Å². The Morgan fingerprint density at radius 2 is 1.70 bits per heavy atom. The van der Waals surface area contributed by atoms with Crippen molar-refractivity contribution in [3.8, 4) is 0 Å². The number of hydrogen-bond acceptors (Lipinski definition) is 3. The number of nitrogens with zero attached hydrogens (tertiary/aromatic N) is 1. The molecule has 0 saturated carbocycles. The van der Waals surface area contributed by atoms with E-state index in [-0.39, 0.29) is 17.1 Å². The minimum Gasteiger partial charge on any atom is -0.306 e. The first-order valence-electron chi connectivity index (χ1n) is 9.00. The Bertz CT molecular complexity index is 1400. The smallest absolute Gasteiger partial charge is 0.306 e. The second-order valence-electron chi connectivity index (χ2n) is 6.81. The third-order valence-electron chi connectivity index (χ3n) is 4.81. The van der Waals surface area contributed by atoms with Gasteiger partial charge in [0.1, 0.15) is 5.82 Å². The van der Waals surface area contributed by atoms with Gasteiger partial charge in [0, 0.05) is 5.02 Å². The molecule has 0 radical (unpaired) electrons. The molecule has 0 aliphatic heterocycles. The minimum atomic E-state index is -4.02. The van der Waals surface area contributed by atoms with E-state index >= 15 is 0 Å². The first kappa shape index (κ1) is 20.2. The number of hydrogen-bond donors (Lipinski definition) is 2. The molecule has 0 amide bonds. The number of nitrogens with one attached hydrogen (secondary N) is 2. The third-order valence-corrected chi connectivity index (χ3v) is 7.14.